The molecule has 164 valence electrons. The summed E-state index contributed by atoms with van der Waals surface area (Å²) in [6.07, 6.45) is 5.35. The highest BCUT2D eigenvalue weighted by molar-refractivity contribution is 14.0. The van der Waals surface area contributed by atoms with Crippen LogP contribution in [-0.4, -0.2) is 68.0 Å². The van der Waals surface area contributed by atoms with E-state index in [1.807, 2.05) is 11.3 Å². The van der Waals surface area contributed by atoms with Crippen LogP contribution in [0.5, 0.6) is 0 Å². The molecule has 2 saturated heterocycles. The number of halogens is 1. The van der Waals surface area contributed by atoms with E-state index in [4.69, 9.17) is 4.99 Å². The van der Waals surface area contributed by atoms with Gasteiger partial charge >= 0.3 is 0 Å². The van der Waals surface area contributed by atoms with Crippen LogP contribution < -0.4 is 10.6 Å². The van der Waals surface area contributed by atoms with Gasteiger partial charge in [-0.05, 0) is 63.1 Å². The highest BCUT2D eigenvalue weighted by atomic mass is 127. The number of thiophene rings is 1. The Balaban J connectivity index is 0.00000300. The summed E-state index contributed by atoms with van der Waals surface area (Å²) in [6.45, 7) is 8.12. The van der Waals surface area contributed by atoms with Crippen LogP contribution in [0.25, 0.3) is 0 Å². The fourth-order valence-corrected chi connectivity index (χ4v) is 5.08. The number of nitrogens with one attached hydrogen (secondary N) is 2. The van der Waals surface area contributed by atoms with Gasteiger partial charge in [0.25, 0.3) is 0 Å². The predicted molar refractivity (Wildman–Crippen MR) is 132 cm³/mol. The number of hydrogen-bond donors (Lipinski definition) is 2. The molecule has 0 radical (unpaired) electrons. The van der Waals surface area contributed by atoms with Crippen molar-refractivity contribution in [2.24, 2.45) is 10.9 Å². The van der Waals surface area contributed by atoms with Gasteiger partial charge < -0.3 is 15.5 Å². The van der Waals surface area contributed by atoms with Gasteiger partial charge in [-0.3, -0.25) is 14.7 Å². The lowest BCUT2D eigenvalue weighted by molar-refractivity contribution is -0.121. The molecule has 6 nitrogen and oxygen atoms in total. The summed E-state index contributed by atoms with van der Waals surface area (Å²) in [6, 6.07) is 4.79. The summed E-state index contributed by atoms with van der Waals surface area (Å²) in [5, 5.41) is 8.41. The normalized spacial score (nSPS) is 19.7. The topological polar surface area (TPSA) is 60.0 Å². The van der Waals surface area contributed by atoms with E-state index >= 15 is 0 Å². The third kappa shape index (κ3) is 7.10. The van der Waals surface area contributed by atoms with Crippen molar-refractivity contribution in [1.82, 2.24) is 20.4 Å². The standard InChI is InChI=1S/C21H35N5OS.HI/c1-3-23-21(26-12-8-17(9-13-26)15-20(27)22-2)24-16-18(19-7-6-14-28-19)25-10-4-5-11-25;/h6-7,14,17-18H,3-5,8-13,15-16H2,1-2H3,(H,22,27)(H,23,24);1H. The molecule has 1 aromatic heterocycles. The second-order valence-electron chi connectivity index (χ2n) is 7.78. The van der Waals surface area contributed by atoms with Crippen LogP contribution in [0, 0.1) is 5.92 Å². The van der Waals surface area contributed by atoms with Gasteiger partial charge in [0.1, 0.15) is 0 Å². The van der Waals surface area contributed by atoms with Crippen LogP contribution in [0.15, 0.2) is 22.5 Å². The zero-order valence-corrected chi connectivity index (χ0v) is 20.9. The largest absolute Gasteiger partial charge is 0.359 e. The second kappa shape index (κ2) is 12.7. The quantitative estimate of drug-likeness (QED) is 0.321. The average molecular weight is 534 g/mol. The van der Waals surface area contributed by atoms with Gasteiger partial charge in [-0.25, -0.2) is 0 Å². The Morgan fingerprint density at radius 1 is 1.28 bits per heavy atom. The Morgan fingerprint density at radius 2 is 2.00 bits per heavy atom. The molecule has 2 N–H and O–H groups in total. The molecule has 1 aromatic rings. The minimum absolute atomic E-state index is 0. The molecule has 0 aliphatic carbocycles. The summed E-state index contributed by atoms with van der Waals surface area (Å²) < 4.78 is 0. The minimum atomic E-state index is 0. The molecular weight excluding hydrogens is 497 g/mol. The van der Waals surface area contributed by atoms with Gasteiger partial charge in [0.05, 0.1) is 12.6 Å². The van der Waals surface area contributed by atoms with Gasteiger partial charge in [0.2, 0.25) is 5.91 Å². The van der Waals surface area contributed by atoms with Crippen LogP contribution in [0.3, 0.4) is 0 Å². The molecule has 1 atom stereocenters. The Kier molecular flexibility index (Phi) is 10.7. The van der Waals surface area contributed by atoms with Gasteiger partial charge in [-0.2, -0.15) is 0 Å². The number of guanidine groups is 1. The lowest BCUT2D eigenvalue weighted by Crippen LogP contribution is -2.46. The molecule has 2 aliphatic rings. The van der Waals surface area contributed by atoms with Crippen molar-refractivity contribution in [3.8, 4) is 0 Å². The maximum absolute atomic E-state index is 11.6. The first-order valence-electron chi connectivity index (χ1n) is 10.7. The zero-order valence-electron chi connectivity index (χ0n) is 17.7. The van der Waals surface area contributed by atoms with Crippen molar-refractivity contribution in [2.75, 3.05) is 46.3 Å². The Hall–Kier alpha value is -0.870. The molecule has 0 aromatic carbocycles. The summed E-state index contributed by atoms with van der Waals surface area (Å²) in [5.74, 6) is 1.67. The third-order valence-electron chi connectivity index (χ3n) is 5.87. The van der Waals surface area contributed by atoms with Crippen molar-refractivity contribution in [2.45, 2.75) is 45.1 Å². The maximum atomic E-state index is 11.6. The third-order valence-corrected chi connectivity index (χ3v) is 6.84. The summed E-state index contributed by atoms with van der Waals surface area (Å²) in [7, 11) is 1.72. The van der Waals surface area contributed by atoms with Crippen LogP contribution in [-0.2, 0) is 4.79 Å². The molecule has 1 unspecified atom stereocenters. The first kappa shape index (κ1) is 24.4. The Labute approximate surface area is 196 Å². The van der Waals surface area contributed by atoms with E-state index in [0.717, 1.165) is 45.0 Å². The highest BCUT2D eigenvalue weighted by Gasteiger charge is 2.26. The fraction of sp³-hybridized carbons (Fsp3) is 0.714. The molecule has 8 heteroatoms. The molecule has 0 saturated carbocycles. The number of amides is 1. The van der Waals surface area contributed by atoms with Crippen molar-refractivity contribution in [3.63, 3.8) is 0 Å². The molecule has 0 bridgehead atoms. The maximum Gasteiger partial charge on any atom is 0.220 e. The Bertz CT molecular complexity index is 625. The van der Waals surface area contributed by atoms with E-state index in [1.165, 1.54) is 30.8 Å². The molecule has 2 aliphatic heterocycles. The van der Waals surface area contributed by atoms with E-state index in [0.29, 0.717) is 18.4 Å². The number of aliphatic imine (C=N–C) groups is 1. The van der Waals surface area contributed by atoms with Crippen LogP contribution in [0.4, 0.5) is 0 Å². The highest BCUT2D eigenvalue weighted by Crippen LogP contribution is 2.29. The lowest BCUT2D eigenvalue weighted by Gasteiger charge is -2.34. The van der Waals surface area contributed by atoms with E-state index in [2.05, 4.69) is 44.9 Å². The smallest absolute Gasteiger partial charge is 0.220 e. The molecule has 3 rings (SSSR count). The molecule has 0 spiro atoms. The Morgan fingerprint density at radius 3 is 2.59 bits per heavy atom. The van der Waals surface area contributed by atoms with Crippen LogP contribution >= 0.6 is 35.3 Å². The second-order valence-corrected chi connectivity index (χ2v) is 8.76. The monoisotopic (exact) mass is 533 g/mol. The number of hydrogen-bond acceptors (Lipinski definition) is 4. The molecular formula is C21H36IN5OS. The molecule has 29 heavy (non-hydrogen) atoms. The first-order valence-corrected chi connectivity index (χ1v) is 11.6. The summed E-state index contributed by atoms with van der Waals surface area (Å²) in [5.41, 5.74) is 0. The number of nitrogens with zero attached hydrogens (tertiary/aromatic N) is 3. The fourth-order valence-electron chi connectivity index (χ4n) is 4.23. The van der Waals surface area contributed by atoms with E-state index in [1.54, 1.807) is 7.05 Å². The van der Waals surface area contributed by atoms with Crippen molar-refractivity contribution < 1.29 is 4.79 Å². The zero-order chi connectivity index (χ0) is 19.8. The van der Waals surface area contributed by atoms with Gasteiger partial charge in [-0.1, -0.05) is 6.07 Å². The van der Waals surface area contributed by atoms with Gasteiger partial charge in [0, 0.05) is 38.0 Å². The van der Waals surface area contributed by atoms with Gasteiger partial charge in [0.15, 0.2) is 5.96 Å². The van der Waals surface area contributed by atoms with Crippen molar-refractivity contribution >= 4 is 47.2 Å². The molecule has 3 heterocycles. The number of piperidine rings is 1. The van der Waals surface area contributed by atoms with Gasteiger partial charge in [-0.15, -0.1) is 35.3 Å². The summed E-state index contributed by atoms with van der Waals surface area (Å²) >= 11 is 1.84. The number of rotatable bonds is 7. The van der Waals surface area contributed by atoms with Crippen molar-refractivity contribution in [1.29, 1.82) is 0 Å². The number of likely N-dealkylation sites (tertiary alicyclic amines) is 2. The van der Waals surface area contributed by atoms with Crippen LogP contribution in [0.2, 0.25) is 0 Å². The molecule has 1 amide bonds. The number of carbonyl (C=O) groups excluding carboxylic acids is 1. The summed E-state index contributed by atoms with van der Waals surface area (Å²) in [4.78, 5) is 23.1. The SMILES string of the molecule is CCNC(=NCC(c1cccs1)N1CCCC1)N1CCC(CC(=O)NC)CC1.I. The number of carbonyl (C=O) groups is 1. The lowest BCUT2D eigenvalue weighted by atomic mass is 9.93. The van der Waals surface area contributed by atoms with E-state index in [-0.39, 0.29) is 29.9 Å². The first-order chi connectivity index (χ1) is 13.7. The van der Waals surface area contributed by atoms with Crippen LogP contribution in [0.1, 0.15) is 49.9 Å². The minimum Gasteiger partial charge on any atom is -0.359 e. The molecule has 2 fully saturated rings. The predicted octanol–water partition coefficient (Wildman–Crippen LogP) is 3.32. The van der Waals surface area contributed by atoms with Crippen molar-refractivity contribution in [3.05, 3.63) is 22.4 Å². The van der Waals surface area contributed by atoms with E-state index < -0.39 is 0 Å². The average Bonchev–Trinajstić information content (AvgIpc) is 3.43. The van der Waals surface area contributed by atoms with E-state index in [9.17, 15) is 4.79 Å².